The van der Waals surface area contributed by atoms with Gasteiger partial charge in [0, 0.05) is 33.7 Å². The first-order chi connectivity index (χ1) is 16.4. The molecular weight excluding hydrogens is 436 g/mol. The topological polar surface area (TPSA) is 107 Å². The first-order valence-corrected chi connectivity index (χ1v) is 11.2. The number of aliphatic hydroxyl groups is 1. The van der Waals surface area contributed by atoms with Gasteiger partial charge in [-0.3, -0.25) is 13.9 Å². The van der Waals surface area contributed by atoms with Gasteiger partial charge in [0.2, 0.25) is 0 Å². The average Bonchev–Trinajstić information content (AvgIpc) is 2.86. The van der Waals surface area contributed by atoms with E-state index in [9.17, 15) is 14.7 Å². The van der Waals surface area contributed by atoms with Crippen LogP contribution in [0, 0.1) is 6.92 Å². The Hall–Kier alpha value is -3.56. The summed E-state index contributed by atoms with van der Waals surface area (Å²) in [5.41, 5.74) is 0.881. The van der Waals surface area contributed by atoms with Crippen molar-refractivity contribution >= 4 is 5.82 Å². The predicted octanol–water partition coefficient (Wildman–Crippen LogP) is 1.41. The summed E-state index contributed by atoms with van der Waals surface area (Å²) in [5, 5.41) is 16.4. The van der Waals surface area contributed by atoms with Crippen molar-refractivity contribution < 1.29 is 14.6 Å². The average molecular weight is 469 g/mol. The van der Waals surface area contributed by atoms with Crippen LogP contribution in [0.1, 0.15) is 11.1 Å². The van der Waals surface area contributed by atoms with E-state index in [0.29, 0.717) is 43.4 Å². The number of benzene rings is 2. The Morgan fingerprint density at radius 1 is 0.912 bits per heavy atom. The zero-order valence-corrected chi connectivity index (χ0v) is 19.8. The number of nitrogens with one attached hydrogen (secondary N) is 2. The van der Waals surface area contributed by atoms with Gasteiger partial charge in [0.15, 0.2) is 0 Å². The first kappa shape index (κ1) is 25.1. The third kappa shape index (κ3) is 6.72. The minimum Gasteiger partial charge on any atom is -0.491 e. The molecule has 1 atom stereocenters. The van der Waals surface area contributed by atoms with Crippen LogP contribution in [0.4, 0.5) is 5.82 Å². The van der Waals surface area contributed by atoms with Gasteiger partial charge >= 0.3 is 5.69 Å². The maximum absolute atomic E-state index is 12.1. The molecule has 0 aliphatic rings. The molecule has 0 spiro atoms. The van der Waals surface area contributed by atoms with Crippen LogP contribution in [0.15, 0.2) is 64.2 Å². The molecule has 1 aromatic heterocycles. The second-order valence-electron chi connectivity index (χ2n) is 8.02. The highest BCUT2D eigenvalue weighted by molar-refractivity contribution is 5.42. The van der Waals surface area contributed by atoms with Crippen molar-refractivity contribution in [2.45, 2.75) is 19.6 Å². The Balaban J connectivity index is 1.35. The fourth-order valence-electron chi connectivity index (χ4n) is 3.43. The van der Waals surface area contributed by atoms with E-state index in [1.54, 1.807) is 26.1 Å². The number of anilines is 1. The Kier molecular flexibility index (Phi) is 8.89. The number of rotatable bonds is 12. The van der Waals surface area contributed by atoms with Crippen molar-refractivity contribution in [2.24, 2.45) is 14.1 Å². The molecule has 1 unspecified atom stereocenters. The number of aliphatic hydroxyl groups excluding tert-OH is 1. The third-order valence-corrected chi connectivity index (χ3v) is 5.38. The van der Waals surface area contributed by atoms with E-state index < -0.39 is 6.10 Å². The number of nitrogens with zero attached hydrogens (tertiary/aromatic N) is 2. The number of hydrogen-bond donors (Lipinski definition) is 3. The smallest absolute Gasteiger partial charge is 0.332 e. The van der Waals surface area contributed by atoms with Crippen LogP contribution in [0.2, 0.25) is 0 Å². The van der Waals surface area contributed by atoms with E-state index in [0.717, 1.165) is 15.9 Å². The molecule has 182 valence electrons. The van der Waals surface area contributed by atoms with E-state index in [-0.39, 0.29) is 17.9 Å². The summed E-state index contributed by atoms with van der Waals surface area (Å²) in [6, 6.07) is 17.2. The lowest BCUT2D eigenvalue weighted by Crippen LogP contribution is -2.40. The maximum Gasteiger partial charge on any atom is 0.332 e. The van der Waals surface area contributed by atoms with Crippen molar-refractivity contribution in [1.82, 2.24) is 14.5 Å². The largest absolute Gasteiger partial charge is 0.491 e. The highest BCUT2D eigenvalue weighted by Gasteiger charge is 2.11. The summed E-state index contributed by atoms with van der Waals surface area (Å²) in [6.07, 6.45) is -0.691. The van der Waals surface area contributed by atoms with Gasteiger partial charge in [-0.05, 0) is 36.8 Å². The highest BCUT2D eigenvalue weighted by Crippen LogP contribution is 2.19. The van der Waals surface area contributed by atoms with E-state index in [1.807, 2.05) is 42.5 Å². The zero-order valence-electron chi connectivity index (χ0n) is 19.8. The minimum atomic E-state index is -0.691. The van der Waals surface area contributed by atoms with Gasteiger partial charge in [-0.1, -0.05) is 30.3 Å². The van der Waals surface area contributed by atoms with Crippen LogP contribution in [0.25, 0.3) is 0 Å². The molecule has 0 aliphatic heterocycles. The Morgan fingerprint density at radius 3 is 2.24 bits per heavy atom. The SMILES string of the molecule is Cc1c(NCCNCC(O)COc2ccc(OCc3ccccc3)cc2)n(C)c(=O)n(C)c1=O. The van der Waals surface area contributed by atoms with E-state index >= 15 is 0 Å². The van der Waals surface area contributed by atoms with Gasteiger partial charge in [0.1, 0.15) is 36.6 Å². The van der Waals surface area contributed by atoms with Crippen LogP contribution >= 0.6 is 0 Å². The molecule has 0 amide bonds. The summed E-state index contributed by atoms with van der Waals surface area (Å²) in [5.74, 6) is 1.89. The van der Waals surface area contributed by atoms with Crippen LogP contribution in [-0.2, 0) is 20.7 Å². The van der Waals surface area contributed by atoms with Crippen molar-refractivity contribution in [3.63, 3.8) is 0 Å². The van der Waals surface area contributed by atoms with E-state index in [2.05, 4.69) is 10.6 Å². The summed E-state index contributed by atoms with van der Waals surface area (Å²) in [6.45, 7) is 3.69. The third-order valence-electron chi connectivity index (χ3n) is 5.38. The lowest BCUT2D eigenvalue weighted by molar-refractivity contribution is 0.107. The van der Waals surface area contributed by atoms with Gasteiger partial charge in [-0.2, -0.15) is 0 Å². The molecular formula is C25H32N4O5. The summed E-state index contributed by atoms with van der Waals surface area (Å²) in [7, 11) is 3.08. The van der Waals surface area contributed by atoms with Crippen LogP contribution in [-0.4, -0.2) is 46.6 Å². The van der Waals surface area contributed by atoms with E-state index in [1.165, 1.54) is 11.6 Å². The molecule has 0 radical (unpaired) electrons. The normalized spacial score (nSPS) is 11.8. The quantitative estimate of drug-likeness (QED) is 0.345. The molecule has 0 saturated carbocycles. The Labute approximate surface area is 198 Å². The zero-order chi connectivity index (χ0) is 24.5. The maximum atomic E-state index is 12.1. The second-order valence-corrected chi connectivity index (χ2v) is 8.02. The Morgan fingerprint density at radius 2 is 1.56 bits per heavy atom. The van der Waals surface area contributed by atoms with Crippen molar-refractivity contribution in [1.29, 1.82) is 0 Å². The minimum absolute atomic E-state index is 0.146. The number of aromatic nitrogens is 2. The molecule has 0 aliphatic carbocycles. The molecule has 3 aromatic rings. The highest BCUT2D eigenvalue weighted by atomic mass is 16.5. The second kappa shape index (κ2) is 12.1. The van der Waals surface area contributed by atoms with Crippen LogP contribution in [0.5, 0.6) is 11.5 Å². The lowest BCUT2D eigenvalue weighted by Gasteiger charge is -2.16. The van der Waals surface area contributed by atoms with Crippen molar-refractivity contribution in [3.8, 4) is 11.5 Å². The predicted molar refractivity (Wildman–Crippen MR) is 132 cm³/mol. The molecule has 3 rings (SSSR count). The molecule has 9 nitrogen and oxygen atoms in total. The molecule has 0 saturated heterocycles. The van der Waals surface area contributed by atoms with Gasteiger partial charge in [0.25, 0.3) is 5.56 Å². The first-order valence-electron chi connectivity index (χ1n) is 11.2. The van der Waals surface area contributed by atoms with Gasteiger partial charge < -0.3 is 25.2 Å². The van der Waals surface area contributed by atoms with Crippen molar-refractivity contribution in [3.05, 3.63) is 86.6 Å². The molecule has 0 fully saturated rings. The number of hydrogen-bond acceptors (Lipinski definition) is 7. The van der Waals surface area contributed by atoms with Gasteiger partial charge in [0.05, 0.1) is 5.56 Å². The Bertz CT molecular complexity index is 1140. The molecule has 2 aromatic carbocycles. The molecule has 34 heavy (non-hydrogen) atoms. The van der Waals surface area contributed by atoms with Gasteiger partial charge in [-0.25, -0.2) is 4.79 Å². The molecule has 9 heteroatoms. The van der Waals surface area contributed by atoms with Gasteiger partial charge in [-0.15, -0.1) is 0 Å². The molecule has 3 N–H and O–H groups in total. The summed E-state index contributed by atoms with van der Waals surface area (Å²) >= 11 is 0. The van der Waals surface area contributed by atoms with Crippen LogP contribution in [0.3, 0.4) is 0 Å². The molecule has 0 bridgehead atoms. The van der Waals surface area contributed by atoms with E-state index in [4.69, 9.17) is 9.47 Å². The fraction of sp³-hybridized carbons (Fsp3) is 0.360. The summed E-state index contributed by atoms with van der Waals surface area (Å²) < 4.78 is 13.9. The molecule has 1 heterocycles. The number of ether oxygens (including phenoxy) is 2. The summed E-state index contributed by atoms with van der Waals surface area (Å²) in [4.78, 5) is 24.1. The monoisotopic (exact) mass is 468 g/mol. The van der Waals surface area contributed by atoms with Crippen LogP contribution < -0.4 is 31.4 Å². The van der Waals surface area contributed by atoms with Crippen molar-refractivity contribution in [2.75, 3.05) is 31.6 Å². The lowest BCUT2D eigenvalue weighted by atomic mass is 10.2. The standard InChI is InChI=1S/C25H32N4O5/c1-18-23(28(2)25(32)29(3)24(18)31)27-14-13-26-15-20(30)17-34-22-11-9-21(10-12-22)33-16-19-7-5-4-6-8-19/h4-12,20,26-27,30H,13-17H2,1-3H3. The fourth-order valence-corrected chi connectivity index (χ4v) is 3.43.